The molecule has 4 aromatic carbocycles. The smallest absolute Gasteiger partial charge is 0.111 e. The van der Waals surface area contributed by atoms with Gasteiger partial charge in [-0.05, 0) is 75.4 Å². The predicted molar refractivity (Wildman–Crippen MR) is 185 cm³/mol. The Kier molecular flexibility index (Phi) is 11.0. The molecule has 0 aliphatic heterocycles. The van der Waals surface area contributed by atoms with Crippen LogP contribution in [0.3, 0.4) is 0 Å². The van der Waals surface area contributed by atoms with Crippen molar-refractivity contribution in [2.45, 2.75) is 69.7 Å². The molecule has 7 aromatic rings. The maximum absolute atomic E-state index is 4.83. The van der Waals surface area contributed by atoms with Crippen LogP contribution in [0.1, 0.15) is 66.4 Å². The third kappa shape index (κ3) is 5.96. The van der Waals surface area contributed by atoms with Gasteiger partial charge in [0.05, 0.1) is 50.2 Å². The van der Waals surface area contributed by atoms with Crippen LogP contribution in [-0.2, 0) is 0 Å². The average molecular weight is 575 g/mol. The van der Waals surface area contributed by atoms with Gasteiger partial charge in [-0.3, -0.25) is 13.7 Å². The molecule has 224 valence electrons. The van der Waals surface area contributed by atoms with Crippen molar-refractivity contribution >= 4 is 33.1 Å². The molecule has 0 bridgehead atoms. The van der Waals surface area contributed by atoms with Gasteiger partial charge in [0.25, 0.3) is 0 Å². The molecule has 0 aliphatic carbocycles. The molecule has 0 saturated heterocycles. The number of aromatic nitrogens is 6. The fourth-order valence-corrected chi connectivity index (χ4v) is 5.38. The van der Waals surface area contributed by atoms with Crippen molar-refractivity contribution in [3.05, 3.63) is 108 Å². The monoisotopic (exact) mass is 574 g/mol. The highest BCUT2D eigenvalue weighted by molar-refractivity contribution is 5.82. The summed E-state index contributed by atoms with van der Waals surface area (Å²) in [4.78, 5) is 14.5. The summed E-state index contributed by atoms with van der Waals surface area (Å²) in [6.45, 7) is 18.2. The Bertz CT molecular complexity index is 1700. The lowest BCUT2D eigenvalue weighted by Crippen LogP contribution is -2.05. The second-order valence-corrected chi connectivity index (χ2v) is 9.16. The van der Waals surface area contributed by atoms with Gasteiger partial charge < -0.3 is 0 Å². The Balaban J connectivity index is 0.000000683. The normalized spacial score (nSPS) is 10.3. The largest absolute Gasteiger partial charge is 0.296 e. The van der Waals surface area contributed by atoms with E-state index in [2.05, 4.69) is 107 Å². The zero-order valence-corrected chi connectivity index (χ0v) is 26.3. The first-order chi connectivity index (χ1) is 20.6. The standard InChI is InChI=1S/C30H24N6.3C2H6.CH4/c1-19-31-25-10-4-7-13-28(25)34(19)22-16-23(35-20(2)32-26-11-5-8-14-29(26)35)18-24(17-22)36-21(3)33-27-12-6-9-15-30(27)36;3*1-2;/h4-18H,1-3H3;3*1-2H3;1H4. The number of aryl methyl sites for hydroxylation is 3. The highest BCUT2D eigenvalue weighted by Gasteiger charge is 2.17. The van der Waals surface area contributed by atoms with Crippen molar-refractivity contribution in [1.82, 2.24) is 28.7 Å². The number of rotatable bonds is 3. The molecule has 0 atom stereocenters. The molecule has 3 aromatic heterocycles. The van der Waals surface area contributed by atoms with Crippen LogP contribution in [0.25, 0.3) is 50.2 Å². The number of hydrogen-bond donors (Lipinski definition) is 0. The molecule has 3 heterocycles. The summed E-state index contributed by atoms with van der Waals surface area (Å²) in [7, 11) is 0. The average Bonchev–Trinajstić information content (AvgIpc) is 3.68. The summed E-state index contributed by atoms with van der Waals surface area (Å²) >= 11 is 0. The molecule has 7 rings (SSSR count). The van der Waals surface area contributed by atoms with Crippen molar-refractivity contribution in [3.63, 3.8) is 0 Å². The van der Waals surface area contributed by atoms with Gasteiger partial charge in [-0.25, -0.2) is 15.0 Å². The maximum atomic E-state index is 4.83. The van der Waals surface area contributed by atoms with E-state index < -0.39 is 0 Å². The van der Waals surface area contributed by atoms with Crippen LogP contribution in [0.4, 0.5) is 0 Å². The van der Waals surface area contributed by atoms with Crippen LogP contribution in [-0.4, -0.2) is 28.7 Å². The van der Waals surface area contributed by atoms with Crippen molar-refractivity contribution in [3.8, 4) is 17.1 Å². The molecule has 0 radical (unpaired) electrons. The van der Waals surface area contributed by atoms with E-state index >= 15 is 0 Å². The molecule has 0 unspecified atom stereocenters. The van der Waals surface area contributed by atoms with Crippen LogP contribution in [0.15, 0.2) is 91.0 Å². The van der Waals surface area contributed by atoms with E-state index in [1.165, 1.54) is 0 Å². The zero-order valence-electron chi connectivity index (χ0n) is 26.3. The van der Waals surface area contributed by atoms with E-state index in [1.54, 1.807) is 0 Å². The number of hydrogen-bond acceptors (Lipinski definition) is 3. The van der Waals surface area contributed by atoms with Crippen molar-refractivity contribution in [1.29, 1.82) is 0 Å². The van der Waals surface area contributed by atoms with Crippen LogP contribution < -0.4 is 0 Å². The molecule has 0 amide bonds. The summed E-state index contributed by atoms with van der Waals surface area (Å²) < 4.78 is 6.68. The summed E-state index contributed by atoms with van der Waals surface area (Å²) in [6.07, 6.45) is 0. The van der Waals surface area contributed by atoms with Crippen LogP contribution >= 0.6 is 0 Å². The van der Waals surface area contributed by atoms with Gasteiger partial charge in [0.1, 0.15) is 17.5 Å². The van der Waals surface area contributed by atoms with Gasteiger partial charge in [0.15, 0.2) is 0 Å². The van der Waals surface area contributed by atoms with Crippen molar-refractivity contribution in [2.75, 3.05) is 0 Å². The molecule has 0 spiro atoms. The minimum Gasteiger partial charge on any atom is -0.296 e. The van der Waals surface area contributed by atoms with E-state index in [0.717, 1.165) is 67.6 Å². The number of benzene rings is 4. The molecule has 6 heteroatoms. The van der Waals surface area contributed by atoms with Gasteiger partial charge >= 0.3 is 0 Å². The first kappa shape index (κ1) is 32.8. The van der Waals surface area contributed by atoms with Crippen LogP contribution in [0.5, 0.6) is 0 Å². The van der Waals surface area contributed by atoms with Crippen molar-refractivity contribution in [2.24, 2.45) is 0 Å². The second-order valence-electron chi connectivity index (χ2n) is 9.16. The Morgan fingerprint density at radius 1 is 0.395 bits per heavy atom. The van der Waals surface area contributed by atoms with E-state index in [1.807, 2.05) is 59.7 Å². The molecule has 43 heavy (non-hydrogen) atoms. The Hall–Kier alpha value is -4.71. The fourth-order valence-electron chi connectivity index (χ4n) is 5.38. The predicted octanol–water partition coefficient (Wildman–Crippen LogP) is 10.3. The van der Waals surface area contributed by atoms with Crippen LogP contribution in [0, 0.1) is 20.8 Å². The summed E-state index contributed by atoms with van der Waals surface area (Å²) in [6, 6.07) is 31.5. The van der Waals surface area contributed by atoms with E-state index in [0.29, 0.717) is 0 Å². The summed E-state index contributed by atoms with van der Waals surface area (Å²) in [5.41, 5.74) is 9.32. The highest BCUT2D eigenvalue weighted by Crippen LogP contribution is 2.30. The lowest BCUT2D eigenvalue weighted by Gasteiger charge is -2.16. The molecular weight excluding hydrogens is 528 g/mol. The lowest BCUT2D eigenvalue weighted by atomic mass is 10.2. The Labute approximate surface area is 256 Å². The van der Waals surface area contributed by atoms with Crippen molar-refractivity contribution < 1.29 is 0 Å². The first-order valence-electron chi connectivity index (χ1n) is 15.1. The number of fused-ring (bicyclic) bond motifs is 3. The minimum atomic E-state index is 0. The zero-order chi connectivity index (χ0) is 30.4. The lowest BCUT2D eigenvalue weighted by molar-refractivity contribution is 0.952. The Morgan fingerprint density at radius 2 is 0.628 bits per heavy atom. The van der Waals surface area contributed by atoms with Gasteiger partial charge in [-0.15, -0.1) is 0 Å². The third-order valence-electron chi connectivity index (χ3n) is 6.85. The SMILES string of the molecule is C.CC.CC.CC.Cc1nc2ccccc2n1-c1cc(-n2c(C)nc3ccccc32)cc(-n2c(C)nc3ccccc32)c1. The number of imidazole rings is 3. The first-order valence-corrected chi connectivity index (χ1v) is 15.1. The molecule has 0 aliphatic rings. The quantitative estimate of drug-likeness (QED) is 0.211. The molecule has 0 fully saturated rings. The number of nitrogens with zero attached hydrogens (tertiary/aromatic N) is 6. The van der Waals surface area contributed by atoms with Crippen LogP contribution in [0.2, 0.25) is 0 Å². The highest BCUT2D eigenvalue weighted by atomic mass is 15.1. The molecule has 0 N–H and O–H groups in total. The van der Waals surface area contributed by atoms with E-state index in [4.69, 9.17) is 15.0 Å². The van der Waals surface area contributed by atoms with Gasteiger partial charge in [-0.1, -0.05) is 85.4 Å². The molecule has 6 nitrogen and oxygen atoms in total. The minimum absolute atomic E-state index is 0. The van der Waals surface area contributed by atoms with E-state index in [-0.39, 0.29) is 7.43 Å². The molecule has 0 saturated carbocycles. The Morgan fingerprint density at radius 3 is 0.884 bits per heavy atom. The van der Waals surface area contributed by atoms with E-state index in [9.17, 15) is 0 Å². The van der Waals surface area contributed by atoms with Gasteiger partial charge in [0, 0.05) is 0 Å². The summed E-state index contributed by atoms with van der Waals surface area (Å²) in [5.74, 6) is 2.83. The fraction of sp³-hybridized carbons (Fsp3) is 0.270. The maximum Gasteiger partial charge on any atom is 0.111 e. The third-order valence-corrected chi connectivity index (χ3v) is 6.85. The topological polar surface area (TPSA) is 53.5 Å². The van der Waals surface area contributed by atoms with Gasteiger partial charge in [0.2, 0.25) is 0 Å². The molecular formula is C37H46N6. The second kappa shape index (κ2) is 14.5. The summed E-state index contributed by atoms with van der Waals surface area (Å²) in [5, 5.41) is 0. The number of para-hydroxylation sites is 6. The van der Waals surface area contributed by atoms with Gasteiger partial charge in [-0.2, -0.15) is 0 Å².